The molecule has 1 aromatic carbocycles. The van der Waals surface area contributed by atoms with E-state index < -0.39 is 11.8 Å². The van der Waals surface area contributed by atoms with Crippen LogP contribution in [-0.4, -0.2) is 47.3 Å². The average molecular weight is 353 g/mol. The Morgan fingerprint density at radius 3 is 2.83 bits per heavy atom. The summed E-state index contributed by atoms with van der Waals surface area (Å²) in [5.74, 6) is -1.32. The van der Waals surface area contributed by atoms with Crippen molar-refractivity contribution in [1.82, 2.24) is 9.97 Å². The van der Waals surface area contributed by atoms with E-state index in [2.05, 4.69) is 15.3 Å². The maximum absolute atomic E-state index is 14.0. The van der Waals surface area contributed by atoms with Gasteiger partial charge in [0.2, 0.25) is 5.95 Å². The Morgan fingerprint density at radius 1 is 1.38 bits per heavy atom. The molecule has 24 heavy (non-hydrogen) atoms. The van der Waals surface area contributed by atoms with Gasteiger partial charge in [0, 0.05) is 13.1 Å². The number of benzene rings is 1. The van der Waals surface area contributed by atoms with Gasteiger partial charge in [0.1, 0.15) is 0 Å². The van der Waals surface area contributed by atoms with Gasteiger partial charge in [-0.2, -0.15) is 4.98 Å². The summed E-state index contributed by atoms with van der Waals surface area (Å²) < 4.78 is 19.2. The number of nitrogens with zero attached hydrogens (tertiary/aromatic N) is 3. The topological polar surface area (TPSA) is 87.6 Å². The highest BCUT2D eigenvalue weighted by molar-refractivity contribution is 6.33. The zero-order valence-corrected chi connectivity index (χ0v) is 13.3. The molecule has 2 aromatic rings. The number of carboxylic acid groups (broad SMARTS) is 1. The zero-order valence-electron chi connectivity index (χ0n) is 12.5. The van der Waals surface area contributed by atoms with Crippen molar-refractivity contribution >= 4 is 35.0 Å². The fourth-order valence-electron chi connectivity index (χ4n) is 2.29. The molecule has 0 radical (unpaired) electrons. The predicted molar refractivity (Wildman–Crippen MR) is 86.7 cm³/mol. The molecule has 0 saturated carbocycles. The quantitative estimate of drug-likeness (QED) is 0.874. The zero-order chi connectivity index (χ0) is 17.1. The van der Waals surface area contributed by atoms with E-state index in [0.717, 1.165) is 6.20 Å². The standard InChI is InChI=1S/C15H14ClFN4O3/c16-10-2-1-9(14(22)23)7-12(10)19-15-18-8-11(17)13(20-15)21-3-5-24-6-4-21/h1-2,7-8H,3-6H2,(H,22,23)(H,18,19,20). The first kappa shape index (κ1) is 16.4. The maximum atomic E-state index is 14.0. The van der Waals surface area contributed by atoms with Crippen LogP contribution < -0.4 is 10.2 Å². The second kappa shape index (κ2) is 6.98. The number of anilines is 3. The monoisotopic (exact) mass is 352 g/mol. The fourth-order valence-corrected chi connectivity index (χ4v) is 2.45. The van der Waals surface area contributed by atoms with Crippen molar-refractivity contribution in [3.05, 3.63) is 40.8 Å². The molecule has 2 heterocycles. The van der Waals surface area contributed by atoms with E-state index in [9.17, 15) is 9.18 Å². The minimum atomic E-state index is -1.08. The third kappa shape index (κ3) is 3.55. The van der Waals surface area contributed by atoms with Gasteiger partial charge in [-0.05, 0) is 18.2 Å². The third-order valence-electron chi connectivity index (χ3n) is 3.50. The van der Waals surface area contributed by atoms with Crippen LogP contribution in [0.5, 0.6) is 0 Å². The van der Waals surface area contributed by atoms with Gasteiger partial charge in [-0.3, -0.25) is 0 Å². The lowest BCUT2D eigenvalue weighted by atomic mass is 10.2. The van der Waals surface area contributed by atoms with Gasteiger partial charge < -0.3 is 20.1 Å². The molecule has 0 atom stereocenters. The number of hydrogen-bond donors (Lipinski definition) is 2. The second-order valence-corrected chi connectivity index (χ2v) is 5.50. The molecule has 1 fully saturated rings. The van der Waals surface area contributed by atoms with Gasteiger partial charge in [-0.25, -0.2) is 14.2 Å². The van der Waals surface area contributed by atoms with Crippen LogP contribution in [0.15, 0.2) is 24.4 Å². The number of aromatic nitrogens is 2. The third-order valence-corrected chi connectivity index (χ3v) is 3.83. The summed E-state index contributed by atoms with van der Waals surface area (Å²) in [6.07, 6.45) is 1.06. The molecule has 1 aliphatic rings. The number of carboxylic acids is 1. The molecule has 0 spiro atoms. The molecular weight excluding hydrogens is 339 g/mol. The van der Waals surface area contributed by atoms with Gasteiger partial charge in [-0.15, -0.1) is 0 Å². The highest BCUT2D eigenvalue weighted by Gasteiger charge is 2.18. The predicted octanol–water partition coefficient (Wildman–Crippen LogP) is 2.55. The van der Waals surface area contributed by atoms with E-state index in [1.165, 1.54) is 18.2 Å². The molecule has 3 rings (SSSR count). The minimum absolute atomic E-state index is 0.0671. The molecule has 0 aliphatic carbocycles. The van der Waals surface area contributed by atoms with E-state index in [1.807, 2.05) is 0 Å². The highest BCUT2D eigenvalue weighted by atomic mass is 35.5. The average Bonchev–Trinajstić information content (AvgIpc) is 2.59. The number of morpholine rings is 1. The number of rotatable bonds is 4. The molecule has 1 aromatic heterocycles. The summed E-state index contributed by atoms with van der Waals surface area (Å²) in [7, 11) is 0. The SMILES string of the molecule is O=C(O)c1ccc(Cl)c(Nc2ncc(F)c(N3CCOCC3)n2)c1. The highest BCUT2D eigenvalue weighted by Crippen LogP contribution is 2.27. The largest absolute Gasteiger partial charge is 0.478 e. The number of halogens is 2. The Labute approximate surface area is 142 Å². The Morgan fingerprint density at radius 2 is 2.12 bits per heavy atom. The fraction of sp³-hybridized carbons (Fsp3) is 0.267. The lowest BCUT2D eigenvalue weighted by Gasteiger charge is -2.28. The van der Waals surface area contributed by atoms with Crippen LogP contribution in [0.2, 0.25) is 5.02 Å². The summed E-state index contributed by atoms with van der Waals surface area (Å²) in [5.41, 5.74) is 0.397. The van der Waals surface area contributed by atoms with Crippen LogP contribution in [0.3, 0.4) is 0 Å². The first-order valence-electron chi connectivity index (χ1n) is 7.19. The van der Waals surface area contributed by atoms with Gasteiger partial charge in [-0.1, -0.05) is 11.6 Å². The number of hydrogen-bond acceptors (Lipinski definition) is 6. The molecule has 1 saturated heterocycles. The Bertz CT molecular complexity index is 768. The number of nitrogens with one attached hydrogen (secondary N) is 1. The van der Waals surface area contributed by atoms with E-state index >= 15 is 0 Å². The molecule has 0 amide bonds. The summed E-state index contributed by atoms with van der Waals surface area (Å²) in [6.45, 7) is 2.06. The minimum Gasteiger partial charge on any atom is -0.478 e. The maximum Gasteiger partial charge on any atom is 0.335 e. The molecule has 9 heteroatoms. The molecule has 0 unspecified atom stereocenters. The van der Waals surface area contributed by atoms with Crippen molar-refractivity contribution in [2.45, 2.75) is 0 Å². The lowest BCUT2D eigenvalue weighted by Crippen LogP contribution is -2.37. The smallest absolute Gasteiger partial charge is 0.335 e. The molecule has 126 valence electrons. The van der Waals surface area contributed by atoms with Crippen LogP contribution in [0.25, 0.3) is 0 Å². The van der Waals surface area contributed by atoms with E-state index in [1.54, 1.807) is 4.90 Å². The lowest BCUT2D eigenvalue weighted by molar-refractivity contribution is 0.0697. The molecule has 1 aliphatic heterocycles. The van der Waals surface area contributed by atoms with Crippen molar-refractivity contribution in [1.29, 1.82) is 0 Å². The summed E-state index contributed by atoms with van der Waals surface area (Å²) >= 11 is 6.06. The van der Waals surface area contributed by atoms with Crippen molar-refractivity contribution in [3.63, 3.8) is 0 Å². The van der Waals surface area contributed by atoms with Crippen molar-refractivity contribution < 1.29 is 19.0 Å². The van der Waals surface area contributed by atoms with Crippen LogP contribution in [0.4, 0.5) is 21.8 Å². The first-order chi connectivity index (χ1) is 11.5. The van der Waals surface area contributed by atoms with Crippen LogP contribution in [-0.2, 0) is 4.74 Å². The number of carbonyl (C=O) groups is 1. The van der Waals surface area contributed by atoms with Crippen LogP contribution in [0.1, 0.15) is 10.4 Å². The Hall–Kier alpha value is -2.45. The molecule has 7 nitrogen and oxygen atoms in total. The number of aromatic carboxylic acids is 1. The van der Waals surface area contributed by atoms with Crippen LogP contribution >= 0.6 is 11.6 Å². The Balaban J connectivity index is 1.88. The molecular formula is C15H14ClFN4O3. The Kier molecular flexibility index (Phi) is 4.77. The van der Waals surface area contributed by atoms with Crippen LogP contribution in [0, 0.1) is 5.82 Å². The number of ether oxygens (including phenoxy) is 1. The van der Waals surface area contributed by atoms with Gasteiger partial charge in [0.05, 0.1) is 35.7 Å². The summed E-state index contributed by atoms with van der Waals surface area (Å²) in [5, 5.41) is 12.2. The van der Waals surface area contributed by atoms with Crippen molar-refractivity contribution in [3.8, 4) is 0 Å². The molecule has 2 N–H and O–H groups in total. The van der Waals surface area contributed by atoms with Crippen molar-refractivity contribution in [2.24, 2.45) is 0 Å². The normalized spacial score (nSPS) is 14.5. The van der Waals surface area contributed by atoms with E-state index in [0.29, 0.717) is 37.0 Å². The van der Waals surface area contributed by atoms with Gasteiger partial charge in [0.25, 0.3) is 0 Å². The van der Waals surface area contributed by atoms with E-state index in [-0.39, 0.29) is 17.3 Å². The summed E-state index contributed by atoms with van der Waals surface area (Å²) in [4.78, 5) is 20.9. The molecule has 0 bridgehead atoms. The van der Waals surface area contributed by atoms with Gasteiger partial charge in [0.15, 0.2) is 11.6 Å². The second-order valence-electron chi connectivity index (χ2n) is 5.09. The van der Waals surface area contributed by atoms with Crippen molar-refractivity contribution in [2.75, 3.05) is 36.5 Å². The summed E-state index contributed by atoms with van der Waals surface area (Å²) in [6, 6.07) is 4.21. The van der Waals surface area contributed by atoms with Gasteiger partial charge >= 0.3 is 5.97 Å². The van der Waals surface area contributed by atoms with E-state index in [4.69, 9.17) is 21.4 Å². The first-order valence-corrected chi connectivity index (χ1v) is 7.57.